The van der Waals surface area contributed by atoms with Crippen molar-refractivity contribution in [3.63, 3.8) is 0 Å². The van der Waals surface area contributed by atoms with Crippen molar-refractivity contribution in [1.29, 1.82) is 0 Å². The van der Waals surface area contributed by atoms with E-state index in [2.05, 4.69) is 30.3 Å². The lowest BCUT2D eigenvalue weighted by Gasteiger charge is -2.10. The van der Waals surface area contributed by atoms with Crippen molar-refractivity contribution in [3.05, 3.63) is 176 Å². The number of rotatable bonds is 7. The number of thiol groups is 1. The molecule has 0 bridgehead atoms. The molecule has 7 aromatic carbocycles. The van der Waals surface area contributed by atoms with Crippen LogP contribution in [0.15, 0.2) is 185 Å². The number of furan rings is 1. The number of hydrogen-bond donors (Lipinski definition) is 1. The summed E-state index contributed by atoms with van der Waals surface area (Å²) in [4.78, 5) is 30.6. The second kappa shape index (κ2) is 14.2. The van der Waals surface area contributed by atoms with Gasteiger partial charge in [0, 0.05) is 49.0 Å². The Morgan fingerprint density at radius 3 is 1.29 bits per heavy atom. The number of fused-ring (bicyclic) bond motifs is 3. The zero-order chi connectivity index (χ0) is 37.4. The van der Waals surface area contributed by atoms with Crippen molar-refractivity contribution < 1.29 is 4.42 Å². The Balaban J connectivity index is 1.07. The van der Waals surface area contributed by atoms with Gasteiger partial charge in [-0.25, -0.2) is 29.9 Å². The van der Waals surface area contributed by atoms with E-state index in [0.29, 0.717) is 34.9 Å². The van der Waals surface area contributed by atoms with Crippen LogP contribution in [0.3, 0.4) is 0 Å². The maximum Gasteiger partial charge on any atom is 0.164 e. The highest BCUT2D eigenvalue weighted by Crippen LogP contribution is 2.36. The maximum absolute atomic E-state index is 6.47. The summed E-state index contributed by atoms with van der Waals surface area (Å²) in [6, 6.07) is 58.4. The van der Waals surface area contributed by atoms with Gasteiger partial charge in [-0.1, -0.05) is 133 Å². The van der Waals surface area contributed by atoms with Crippen molar-refractivity contribution in [3.8, 4) is 79.5 Å². The Morgan fingerprint density at radius 2 is 0.732 bits per heavy atom. The standard InChI is InChI=1S/C48H30N6OS/c56-42-22-11-10-21-37(42)33-19-12-20-34(27-33)46-50-45(32-17-8-3-9-18-32)53-48(54-46)36-23-25-38-39-28-35(24-26-40(39)55-41(38)29-36)47-51-43(30-13-4-1-5-14-30)49-44(52-47)31-15-6-2-7-16-31/h1-29,56H. The molecule has 0 saturated carbocycles. The smallest absolute Gasteiger partial charge is 0.164 e. The molecular formula is C48H30N6OS. The molecule has 56 heavy (non-hydrogen) atoms. The number of nitrogens with zero attached hydrogens (tertiary/aromatic N) is 6. The van der Waals surface area contributed by atoms with Crippen LogP contribution in [-0.4, -0.2) is 29.9 Å². The first-order valence-electron chi connectivity index (χ1n) is 18.2. The number of aromatic nitrogens is 6. The Hall–Kier alpha value is -7.29. The van der Waals surface area contributed by atoms with E-state index in [1.54, 1.807) is 0 Å². The zero-order valence-corrected chi connectivity index (χ0v) is 30.7. The number of benzene rings is 7. The third-order valence-electron chi connectivity index (χ3n) is 9.69. The second-order valence-corrected chi connectivity index (χ2v) is 13.8. The van der Waals surface area contributed by atoms with Gasteiger partial charge in [0.15, 0.2) is 34.9 Å². The Bertz CT molecular complexity index is 2980. The molecule has 0 aliphatic carbocycles. The summed E-state index contributed by atoms with van der Waals surface area (Å²) >= 11 is 4.71. The van der Waals surface area contributed by atoms with E-state index in [0.717, 1.165) is 71.3 Å². The quantitative estimate of drug-likeness (QED) is 0.163. The van der Waals surface area contributed by atoms with Crippen LogP contribution in [0.2, 0.25) is 0 Å². The van der Waals surface area contributed by atoms with Crippen molar-refractivity contribution in [2.24, 2.45) is 0 Å². The predicted octanol–water partition coefficient (Wildman–Crippen LogP) is 11.9. The monoisotopic (exact) mass is 738 g/mol. The average Bonchev–Trinajstić information content (AvgIpc) is 3.64. The lowest BCUT2D eigenvalue weighted by Crippen LogP contribution is -2.00. The molecule has 10 aromatic rings. The van der Waals surface area contributed by atoms with E-state index >= 15 is 0 Å². The minimum absolute atomic E-state index is 0.545. The third-order valence-corrected chi connectivity index (χ3v) is 10.1. The molecule has 3 aromatic heterocycles. The first-order valence-corrected chi connectivity index (χ1v) is 18.6. The molecule has 0 spiro atoms. The van der Waals surface area contributed by atoms with Crippen molar-refractivity contribution in [2.45, 2.75) is 4.90 Å². The highest BCUT2D eigenvalue weighted by atomic mass is 32.1. The van der Waals surface area contributed by atoms with Crippen LogP contribution in [0.4, 0.5) is 0 Å². The molecule has 0 aliphatic rings. The van der Waals surface area contributed by atoms with E-state index in [-0.39, 0.29) is 0 Å². The largest absolute Gasteiger partial charge is 0.456 e. The highest BCUT2D eigenvalue weighted by Gasteiger charge is 2.17. The number of hydrogen-bond acceptors (Lipinski definition) is 8. The Labute approximate surface area is 327 Å². The normalized spacial score (nSPS) is 11.3. The topological polar surface area (TPSA) is 90.5 Å². The minimum Gasteiger partial charge on any atom is -0.456 e. The summed E-state index contributed by atoms with van der Waals surface area (Å²) in [7, 11) is 0. The lowest BCUT2D eigenvalue weighted by molar-refractivity contribution is 0.669. The van der Waals surface area contributed by atoms with Gasteiger partial charge in [-0.15, -0.1) is 12.6 Å². The van der Waals surface area contributed by atoms with Crippen LogP contribution in [0.5, 0.6) is 0 Å². The summed E-state index contributed by atoms with van der Waals surface area (Å²) in [5.74, 6) is 3.51. The van der Waals surface area contributed by atoms with Gasteiger partial charge < -0.3 is 4.42 Å². The molecule has 8 heteroatoms. The maximum atomic E-state index is 6.47. The van der Waals surface area contributed by atoms with Gasteiger partial charge in [-0.05, 0) is 53.6 Å². The Kier molecular flexibility index (Phi) is 8.42. The van der Waals surface area contributed by atoms with Crippen LogP contribution < -0.4 is 0 Å². The van der Waals surface area contributed by atoms with Gasteiger partial charge in [-0.2, -0.15) is 0 Å². The van der Waals surface area contributed by atoms with Crippen LogP contribution in [0.1, 0.15) is 0 Å². The highest BCUT2D eigenvalue weighted by molar-refractivity contribution is 7.80. The predicted molar refractivity (Wildman–Crippen MR) is 226 cm³/mol. The first-order chi connectivity index (χ1) is 27.6. The fourth-order valence-electron chi connectivity index (χ4n) is 6.89. The third kappa shape index (κ3) is 6.38. The first kappa shape index (κ1) is 33.3. The van der Waals surface area contributed by atoms with Gasteiger partial charge in [0.1, 0.15) is 11.2 Å². The van der Waals surface area contributed by atoms with E-state index in [1.165, 1.54) is 0 Å². The molecule has 0 amide bonds. The summed E-state index contributed by atoms with van der Waals surface area (Å²) in [5.41, 5.74) is 8.83. The minimum atomic E-state index is 0.545. The summed E-state index contributed by atoms with van der Waals surface area (Å²) in [6.45, 7) is 0. The van der Waals surface area contributed by atoms with Crippen LogP contribution in [0.25, 0.3) is 101 Å². The van der Waals surface area contributed by atoms with Gasteiger partial charge >= 0.3 is 0 Å². The fraction of sp³-hybridized carbons (Fsp3) is 0. The van der Waals surface area contributed by atoms with Crippen molar-refractivity contribution in [2.75, 3.05) is 0 Å². The molecular weight excluding hydrogens is 709 g/mol. The molecule has 264 valence electrons. The van der Waals surface area contributed by atoms with E-state index in [1.807, 2.05) is 146 Å². The van der Waals surface area contributed by atoms with E-state index in [9.17, 15) is 0 Å². The van der Waals surface area contributed by atoms with Crippen LogP contribution >= 0.6 is 12.6 Å². The summed E-state index contributed by atoms with van der Waals surface area (Å²) < 4.78 is 6.47. The van der Waals surface area contributed by atoms with Crippen LogP contribution in [0, 0.1) is 0 Å². The van der Waals surface area contributed by atoms with E-state index < -0.39 is 0 Å². The summed E-state index contributed by atoms with van der Waals surface area (Å²) in [5, 5.41) is 1.91. The van der Waals surface area contributed by atoms with Crippen molar-refractivity contribution >= 4 is 34.6 Å². The zero-order valence-electron chi connectivity index (χ0n) is 29.8. The second-order valence-electron chi connectivity index (χ2n) is 13.3. The SMILES string of the molecule is Sc1ccccc1-c1cccc(-c2nc(-c3ccccc3)nc(-c3ccc4c(c3)oc3ccc(-c5nc(-c6ccccc6)nc(-c6ccccc6)n5)cc34)n2)c1. The fourth-order valence-corrected chi connectivity index (χ4v) is 7.18. The molecule has 0 aliphatic heterocycles. The molecule has 0 N–H and O–H groups in total. The average molecular weight is 739 g/mol. The van der Waals surface area contributed by atoms with Gasteiger partial charge in [0.05, 0.1) is 0 Å². The molecule has 0 atom stereocenters. The van der Waals surface area contributed by atoms with Crippen molar-refractivity contribution in [1.82, 2.24) is 29.9 Å². The molecule has 0 fully saturated rings. The summed E-state index contributed by atoms with van der Waals surface area (Å²) in [6.07, 6.45) is 0. The van der Waals surface area contributed by atoms with Gasteiger partial charge in [0.25, 0.3) is 0 Å². The molecule has 7 nitrogen and oxygen atoms in total. The molecule has 0 saturated heterocycles. The molecule has 3 heterocycles. The lowest BCUT2D eigenvalue weighted by atomic mass is 10.0. The van der Waals surface area contributed by atoms with Gasteiger partial charge in [-0.3, -0.25) is 0 Å². The Morgan fingerprint density at radius 1 is 0.304 bits per heavy atom. The molecule has 0 radical (unpaired) electrons. The van der Waals surface area contributed by atoms with Gasteiger partial charge in [0.2, 0.25) is 0 Å². The van der Waals surface area contributed by atoms with Crippen LogP contribution in [-0.2, 0) is 0 Å². The molecule has 0 unspecified atom stereocenters. The van der Waals surface area contributed by atoms with E-state index in [4.69, 9.17) is 46.9 Å². The molecule has 10 rings (SSSR count).